The zero-order valence-electron chi connectivity index (χ0n) is 40.9. The normalized spacial score (nSPS) is 13.8. The average molecular weight is 1090 g/mol. The van der Waals surface area contributed by atoms with Gasteiger partial charge >= 0.3 is 346 Å². The molecule has 3 aromatic heterocycles. The van der Waals surface area contributed by atoms with Gasteiger partial charge in [0.05, 0.1) is 6.61 Å². The van der Waals surface area contributed by atoms with E-state index in [9.17, 15) is 0 Å². The second-order valence-corrected chi connectivity index (χ2v) is 22.4. The second kappa shape index (κ2) is 16.7. The van der Waals surface area contributed by atoms with E-state index in [1.54, 1.807) is 0 Å². The predicted octanol–water partition coefficient (Wildman–Crippen LogP) is 16.1. The molecular weight excluding hydrogens is 1030 g/mol. The van der Waals surface area contributed by atoms with Gasteiger partial charge < -0.3 is 4.74 Å². The molecule has 10 aromatic rings. The van der Waals surface area contributed by atoms with Crippen molar-refractivity contribution in [2.24, 2.45) is 0 Å². The minimum absolute atomic E-state index is 0.00971. The first kappa shape index (κ1) is 44.7. The number of benzene rings is 7. The molecule has 0 saturated heterocycles. The van der Waals surface area contributed by atoms with Crippen LogP contribution in [-0.2, 0) is 35.6 Å². The number of ether oxygens (including phenoxy) is 2. The third-order valence-electron chi connectivity index (χ3n) is 14.0. The summed E-state index contributed by atoms with van der Waals surface area (Å²) in [6.07, 6.45) is 2.86. The third-order valence-corrected chi connectivity index (χ3v) is 15.0. The van der Waals surface area contributed by atoms with Gasteiger partial charge in [-0.2, -0.15) is 0 Å². The molecule has 7 heteroatoms. The Morgan fingerprint density at radius 3 is 1.94 bits per heavy atom. The van der Waals surface area contributed by atoms with E-state index in [0.717, 1.165) is 77.7 Å². The summed E-state index contributed by atoms with van der Waals surface area (Å²) in [5.41, 5.74) is 16.1. The van der Waals surface area contributed by atoms with Gasteiger partial charge in [-0.15, -0.1) is 0 Å². The first-order valence-corrected chi connectivity index (χ1v) is 25.2. The first-order valence-electron chi connectivity index (χ1n) is 24.0. The molecule has 1 aliphatic rings. The van der Waals surface area contributed by atoms with Crippen LogP contribution < -0.4 is 9.47 Å². The molecule has 69 heavy (non-hydrogen) atoms. The molecule has 0 aliphatic carbocycles. The van der Waals surface area contributed by atoms with E-state index in [1.807, 2.05) is 18.3 Å². The predicted molar refractivity (Wildman–Crippen MR) is 281 cm³/mol. The van der Waals surface area contributed by atoms with Crippen molar-refractivity contribution in [2.75, 3.05) is 6.61 Å². The number of hydrogen-bond donors (Lipinski definition) is 0. The van der Waals surface area contributed by atoms with Crippen LogP contribution >= 0.6 is 0 Å². The Kier molecular flexibility index (Phi) is 10.9. The van der Waals surface area contributed by atoms with Gasteiger partial charge in [-0.25, -0.2) is 0 Å². The van der Waals surface area contributed by atoms with Crippen molar-refractivity contribution in [2.45, 2.75) is 85.0 Å². The molecule has 0 bridgehead atoms. The van der Waals surface area contributed by atoms with Crippen molar-refractivity contribution in [3.05, 3.63) is 190 Å². The summed E-state index contributed by atoms with van der Waals surface area (Å²) in [5.74, 6) is 3.29. The van der Waals surface area contributed by atoms with Gasteiger partial charge in [-0.05, 0) is 30.4 Å². The van der Waals surface area contributed by atoms with Gasteiger partial charge in [0.1, 0.15) is 5.75 Å². The van der Waals surface area contributed by atoms with Gasteiger partial charge in [-0.1, -0.05) is 13.8 Å². The number of nitrogens with zero attached hydrogens (tertiary/aromatic N) is 4. The molecule has 0 N–H and O–H groups in total. The Morgan fingerprint density at radius 2 is 1.23 bits per heavy atom. The number of aryl methyl sites for hydroxylation is 1. The van der Waals surface area contributed by atoms with Gasteiger partial charge in [0, 0.05) is 11.8 Å². The molecule has 0 fully saturated rings. The molecule has 348 valence electrons. The molecule has 0 amide bonds. The minimum atomic E-state index is -0.0349. The van der Waals surface area contributed by atoms with Crippen LogP contribution in [0.15, 0.2) is 164 Å². The van der Waals surface area contributed by atoms with Crippen molar-refractivity contribution in [1.82, 2.24) is 18.7 Å². The van der Waals surface area contributed by atoms with Crippen LogP contribution in [0.25, 0.3) is 72.3 Å². The number of fused-ring (bicyclic) bond motifs is 5. The summed E-state index contributed by atoms with van der Waals surface area (Å²) in [4.78, 5) is 4.89. The fourth-order valence-electron chi connectivity index (χ4n) is 10.1. The van der Waals surface area contributed by atoms with E-state index in [0.29, 0.717) is 6.61 Å². The molecule has 0 atom stereocenters. The van der Waals surface area contributed by atoms with Gasteiger partial charge in [0.2, 0.25) is 0 Å². The number of rotatable bonds is 7. The Morgan fingerprint density at radius 1 is 0.580 bits per heavy atom. The summed E-state index contributed by atoms with van der Waals surface area (Å²) in [7, 11) is 0. The summed E-state index contributed by atoms with van der Waals surface area (Å²) in [6.45, 7) is 21.3. The number of imidazole rings is 1. The van der Waals surface area contributed by atoms with Crippen molar-refractivity contribution in [3.8, 4) is 56.7 Å². The Bertz CT molecular complexity index is 3680. The quantitative estimate of drug-likeness (QED) is 0.160. The maximum atomic E-state index is 6.89. The molecule has 0 radical (unpaired) electrons. The number of hydrogen-bond acceptors (Lipinski definition) is 3. The van der Waals surface area contributed by atoms with E-state index < -0.39 is 0 Å². The minimum Gasteiger partial charge on any atom is -0.493 e. The number of pyridine rings is 1. The topological polar surface area (TPSA) is 46.1 Å². The molecule has 0 spiro atoms. The van der Waals surface area contributed by atoms with Crippen molar-refractivity contribution in [1.29, 1.82) is 0 Å². The zero-order chi connectivity index (χ0) is 48.0. The van der Waals surface area contributed by atoms with Crippen LogP contribution in [0.3, 0.4) is 0 Å². The Labute approximate surface area is 416 Å². The smallest absolute Gasteiger partial charge is 0.493 e. The number of para-hydroxylation sites is 3. The Balaban J connectivity index is 1.07. The van der Waals surface area contributed by atoms with Crippen LogP contribution in [0.5, 0.6) is 17.2 Å². The molecule has 7 aromatic carbocycles. The molecule has 11 rings (SSSR count). The van der Waals surface area contributed by atoms with Crippen LogP contribution in [-0.4, -0.2) is 25.3 Å². The summed E-state index contributed by atoms with van der Waals surface area (Å²) >= 11 is 2.53. The van der Waals surface area contributed by atoms with E-state index in [1.165, 1.54) is 44.3 Å². The zero-order valence-corrected chi connectivity index (χ0v) is 43.2. The standard InChI is InChI=1S/C62H58N4O2.Pt/c1-40-27-29-63-58(31-40)66-55-36-47(25-26-50(55)51-37-52-57(38-56(51)66)67-30-28-62(52,8)9)68-46-20-15-19-45(35-46)64-39-65(54-24-14-13-23-53(54)64)59-48(41-17-11-10-12-18-41)21-16-22-49(59)42-32-43(60(2,3)4)34-44(33-42)61(5,6)7;/h10-27,29,31-38H,28,30H2,1-9H3;. The molecule has 6 nitrogen and oxygen atoms in total. The van der Waals surface area contributed by atoms with Crippen LogP contribution in [0.2, 0.25) is 0 Å². The van der Waals surface area contributed by atoms with E-state index in [4.69, 9.17) is 14.5 Å². The van der Waals surface area contributed by atoms with Crippen molar-refractivity contribution < 1.29 is 28.8 Å². The first-order chi connectivity index (χ1) is 33.0. The van der Waals surface area contributed by atoms with E-state index in [-0.39, 0.29) is 16.2 Å². The van der Waals surface area contributed by atoms with E-state index >= 15 is 0 Å². The fourth-order valence-corrected chi connectivity index (χ4v) is 11.2. The fraction of sp³-hybridized carbons (Fsp3) is 0.226. The van der Waals surface area contributed by atoms with Crippen molar-refractivity contribution in [3.63, 3.8) is 0 Å². The molecular formula is C62H58N4O2Pt. The second-order valence-electron chi connectivity index (χ2n) is 21.4. The van der Waals surface area contributed by atoms with Gasteiger partial charge in [-0.3, -0.25) is 0 Å². The van der Waals surface area contributed by atoms with Crippen LogP contribution in [0, 0.1) is 10.7 Å². The Hall–Kier alpha value is -6.75. The van der Waals surface area contributed by atoms with E-state index in [2.05, 4.69) is 241 Å². The third kappa shape index (κ3) is 7.97. The molecule has 4 heterocycles. The maximum absolute atomic E-state index is 6.89. The van der Waals surface area contributed by atoms with Crippen LogP contribution in [0.4, 0.5) is 0 Å². The summed E-state index contributed by atoms with van der Waals surface area (Å²) < 4.78 is 21.3. The van der Waals surface area contributed by atoms with Gasteiger partial charge in [0.25, 0.3) is 0 Å². The molecule has 1 aliphatic heterocycles. The molecule has 0 unspecified atom stereocenters. The van der Waals surface area contributed by atoms with Gasteiger partial charge in [0.15, 0.2) is 0 Å². The average Bonchev–Trinajstić information content (AvgIpc) is 3.80. The monoisotopic (exact) mass is 1090 g/mol. The molecule has 0 saturated carbocycles. The summed E-state index contributed by atoms with van der Waals surface area (Å²) in [5, 5.41) is 2.32. The van der Waals surface area contributed by atoms with Crippen molar-refractivity contribution >= 4 is 32.8 Å². The van der Waals surface area contributed by atoms with Crippen LogP contribution in [0.1, 0.15) is 84.1 Å². The number of aromatic nitrogens is 4. The summed E-state index contributed by atoms with van der Waals surface area (Å²) in [6, 6.07) is 57.2. The SMILES string of the molecule is Cc1ccnc(-n2c3cc(Oc4cccc(-n5[c](=[Pt])n(-c6c(-c7ccccc7)cccc6-c6cc(C(C)(C)C)cc(C(C)(C)C)c6)c6ccccc65)c4)ccc3c3cc4c(cc32)OCCC4(C)C)c1.